The van der Waals surface area contributed by atoms with E-state index in [1.807, 2.05) is 6.07 Å². The first kappa shape index (κ1) is 15.3. The highest BCUT2D eigenvalue weighted by atomic mass is 35.5. The van der Waals surface area contributed by atoms with Crippen molar-refractivity contribution in [2.24, 2.45) is 5.41 Å². The number of rotatable bonds is 3. The molecule has 0 amide bonds. The molecule has 1 aromatic carbocycles. The predicted octanol–water partition coefficient (Wildman–Crippen LogP) is 4.26. The fraction of sp³-hybridized carbons (Fsp3) is 0.600. The van der Waals surface area contributed by atoms with Gasteiger partial charge in [0.2, 0.25) is 0 Å². The quantitative estimate of drug-likeness (QED) is 0.618. The monoisotopic (exact) mass is 296 g/mol. The van der Waals surface area contributed by atoms with Gasteiger partial charge in [0.15, 0.2) is 0 Å². The Labute approximate surface area is 124 Å². The average molecular weight is 297 g/mol. The predicted molar refractivity (Wildman–Crippen MR) is 81.0 cm³/mol. The Hall–Kier alpha value is -1.13. The lowest BCUT2D eigenvalue weighted by molar-refractivity contribution is -0.384. The molecule has 0 unspecified atom stereocenters. The summed E-state index contributed by atoms with van der Waals surface area (Å²) >= 11 is 5.84. The minimum Gasteiger partial charge on any atom is -0.299 e. The Morgan fingerprint density at radius 2 is 2.10 bits per heavy atom. The molecule has 0 saturated carbocycles. The summed E-state index contributed by atoms with van der Waals surface area (Å²) in [6.07, 6.45) is 3.59. The molecular formula is C15H21ClN2O2. The molecule has 0 N–H and O–H groups in total. The molecule has 0 radical (unpaired) electrons. The van der Waals surface area contributed by atoms with Gasteiger partial charge in [-0.15, -0.1) is 0 Å². The van der Waals surface area contributed by atoms with Crippen molar-refractivity contribution in [2.45, 2.75) is 39.7 Å². The number of nitro benzene ring substituents is 1. The van der Waals surface area contributed by atoms with E-state index in [2.05, 4.69) is 18.7 Å². The minimum atomic E-state index is -0.419. The molecule has 0 bridgehead atoms. The van der Waals surface area contributed by atoms with E-state index >= 15 is 0 Å². The van der Waals surface area contributed by atoms with Gasteiger partial charge in [-0.2, -0.15) is 0 Å². The summed E-state index contributed by atoms with van der Waals surface area (Å²) < 4.78 is 0. The molecule has 110 valence electrons. The maximum Gasteiger partial charge on any atom is 0.288 e. The Morgan fingerprint density at radius 1 is 1.35 bits per heavy atom. The molecule has 1 saturated heterocycles. The number of hydrogen-bond donors (Lipinski definition) is 0. The maximum atomic E-state index is 10.9. The average Bonchev–Trinajstić information content (AvgIpc) is 2.53. The first-order chi connectivity index (χ1) is 9.37. The second-order valence-corrected chi connectivity index (χ2v) is 6.74. The summed E-state index contributed by atoms with van der Waals surface area (Å²) in [5, 5.41) is 11.1. The second kappa shape index (κ2) is 6.10. The second-order valence-electron chi connectivity index (χ2n) is 6.34. The van der Waals surface area contributed by atoms with Gasteiger partial charge in [-0.25, -0.2) is 0 Å². The first-order valence-electron chi connectivity index (χ1n) is 7.03. The van der Waals surface area contributed by atoms with Crippen molar-refractivity contribution in [1.29, 1.82) is 0 Å². The third-order valence-corrected chi connectivity index (χ3v) is 4.37. The van der Waals surface area contributed by atoms with Gasteiger partial charge in [0.25, 0.3) is 5.69 Å². The molecule has 1 aliphatic heterocycles. The van der Waals surface area contributed by atoms with Gasteiger partial charge < -0.3 is 0 Å². The van der Waals surface area contributed by atoms with E-state index in [1.54, 1.807) is 12.1 Å². The summed E-state index contributed by atoms with van der Waals surface area (Å²) in [6, 6.07) is 5.10. The van der Waals surface area contributed by atoms with Gasteiger partial charge in [0.05, 0.1) is 4.92 Å². The van der Waals surface area contributed by atoms with Crippen molar-refractivity contribution in [3.05, 3.63) is 38.9 Å². The van der Waals surface area contributed by atoms with E-state index in [4.69, 9.17) is 11.6 Å². The number of benzene rings is 1. The normalized spacial score (nSPS) is 19.6. The molecule has 0 aromatic heterocycles. The molecule has 2 rings (SSSR count). The lowest BCUT2D eigenvalue weighted by atomic mass is 9.85. The Balaban J connectivity index is 2.06. The number of likely N-dealkylation sites (tertiary alicyclic amines) is 1. The highest BCUT2D eigenvalue weighted by Crippen LogP contribution is 2.31. The summed E-state index contributed by atoms with van der Waals surface area (Å²) in [5.74, 6) is 0. The van der Waals surface area contributed by atoms with Crippen LogP contribution in [0.3, 0.4) is 0 Å². The summed E-state index contributed by atoms with van der Waals surface area (Å²) in [6.45, 7) is 7.48. The molecule has 0 spiro atoms. The SMILES string of the molecule is CC1(C)CCCN(Cc2ccc(Cl)c([N+](=O)[O-])c2)CC1. The number of nitrogens with zero attached hydrogens (tertiary/aromatic N) is 2. The molecule has 1 heterocycles. The van der Waals surface area contributed by atoms with Crippen molar-refractivity contribution in [3.63, 3.8) is 0 Å². The zero-order chi connectivity index (χ0) is 14.8. The van der Waals surface area contributed by atoms with E-state index in [1.165, 1.54) is 19.3 Å². The van der Waals surface area contributed by atoms with Crippen LogP contribution in [0.2, 0.25) is 5.02 Å². The molecule has 0 aliphatic carbocycles. The number of halogens is 1. The highest BCUT2D eigenvalue weighted by Gasteiger charge is 2.23. The molecule has 4 nitrogen and oxygen atoms in total. The van der Waals surface area contributed by atoms with E-state index < -0.39 is 4.92 Å². The Morgan fingerprint density at radius 3 is 2.80 bits per heavy atom. The fourth-order valence-electron chi connectivity index (χ4n) is 2.69. The fourth-order valence-corrected chi connectivity index (χ4v) is 2.88. The zero-order valence-corrected chi connectivity index (χ0v) is 12.8. The third kappa shape index (κ3) is 3.93. The summed E-state index contributed by atoms with van der Waals surface area (Å²) in [4.78, 5) is 12.9. The highest BCUT2D eigenvalue weighted by molar-refractivity contribution is 6.32. The van der Waals surface area contributed by atoms with Crippen LogP contribution in [0.5, 0.6) is 0 Å². The van der Waals surface area contributed by atoms with E-state index in [-0.39, 0.29) is 10.7 Å². The van der Waals surface area contributed by atoms with Crippen LogP contribution in [-0.4, -0.2) is 22.9 Å². The lowest BCUT2D eigenvalue weighted by Gasteiger charge is -2.23. The maximum absolute atomic E-state index is 10.9. The molecule has 1 fully saturated rings. The molecular weight excluding hydrogens is 276 g/mol. The van der Waals surface area contributed by atoms with Crippen molar-refractivity contribution in [3.8, 4) is 0 Å². The summed E-state index contributed by atoms with van der Waals surface area (Å²) in [7, 11) is 0. The molecule has 5 heteroatoms. The van der Waals surface area contributed by atoms with E-state index in [9.17, 15) is 10.1 Å². The molecule has 0 atom stereocenters. The summed E-state index contributed by atoms with van der Waals surface area (Å²) in [5.41, 5.74) is 1.36. The van der Waals surface area contributed by atoms with Crippen LogP contribution in [0.15, 0.2) is 18.2 Å². The standard InChI is InChI=1S/C15H21ClN2O2/c1-15(2)6-3-8-17(9-7-15)11-12-4-5-13(16)14(10-12)18(19)20/h4-5,10H,3,6-9,11H2,1-2H3. The van der Waals surface area contributed by atoms with Crippen LogP contribution < -0.4 is 0 Å². The van der Waals surface area contributed by atoms with Gasteiger partial charge in [0.1, 0.15) is 5.02 Å². The Kier molecular flexibility index (Phi) is 4.66. The lowest BCUT2D eigenvalue weighted by Crippen LogP contribution is -2.25. The van der Waals surface area contributed by atoms with Gasteiger partial charge in [-0.05, 0) is 49.4 Å². The van der Waals surface area contributed by atoms with Crippen LogP contribution in [0.1, 0.15) is 38.7 Å². The van der Waals surface area contributed by atoms with Crippen molar-refractivity contribution >= 4 is 17.3 Å². The molecule has 1 aromatic rings. The van der Waals surface area contributed by atoms with Gasteiger partial charge in [-0.1, -0.05) is 31.5 Å². The van der Waals surface area contributed by atoms with E-state index in [0.717, 1.165) is 25.2 Å². The number of nitro groups is 1. The zero-order valence-electron chi connectivity index (χ0n) is 12.1. The van der Waals surface area contributed by atoms with Crippen LogP contribution in [0.4, 0.5) is 5.69 Å². The van der Waals surface area contributed by atoms with Crippen molar-refractivity contribution in [2.75, 3.05) is 13.1 Å². The van der Waals surface area contributed by atoms with Crippen LogP contribution in [-0.2, 0) is 6.54 Å². The molecule has 1 aliphatic rings. The smallest absolute Gasteiger partial charge is 0.288 e. The van der Waals surface area contributed by atoms with Gasteiger partial charge in [0, 0.05) is 12.6 Å². The van der Waals surface area contributed by atoms with Crippen LogP contribution >= 0.6 is 11.6 Å². The van der Waals surface area contributed by atoms with Crippen molar-refractivity contribution < 1.29 is 4.92 Å². The minimum absolute atomic E-state index is 0.000631. The van der Waals surface area contributed by atoms with Crippen LogP contribution in [0, 0.1) is 15.5 Å². The third-order valence-electron chi connectivity index (χ3n) is 4.05. The van der Waals surface area contributed by atoms with Gasteiger partial charge >= 0.3 is 0 Å². The van der Waals surface area contributed by atoms with Crippen molar-refractivity contribution in [1.82, 2.24) is 4.90 Å². The van der Waals surface area contributed by atoms with Crippen LogP contribution in [0.25, 0.3) is 0 Å². The topological polar surface area (TPSA) is 46.4 Å². The number of hydrogen-bond acceptors (Lipinski definition) is 3. The molecule has 20 heavy (non-hydrogen) atoms. The largest absolute Gasteiger partial charge is 0.299 e. The van der Waals surface area contributed by atoms with E-state index in [0.29, 0.717) is 5.41 Å². The first-order valence-corrected chi connectivity index (χ1v) is 7.40. The van der Waals surface area contributed by atoms with Gasteiger partial charge in [-0.3, -0.25) is 15.0 Å². The Bertz CT molecular complexity index is 503.